The van der Waals surface area contributed by atoms with Gasteiger partial charge in [0.15, 0.2) is 10.7 Å². The first kappa shape index (κ1) is 14.7. The summed E-state index contributed by atoms with van der Waals surface area (Å²) in [5, 5.41) is 14.2. The predicted molar refractivity (Wildman–Crippen MR) is 79.3 cm³/mol. The number of aromatic nitrogens is 2. The van der Waals surface area contributed by atoms with Crippen LogP contribution in [0, 0.1) is 11.3 Å². The Morgan fingerprint density at radius 3 is 2.95 bits per heavy atom. The summed E-state index contributed by atoms with van der Waals surface area (Å²) in [5.74, 6) is -0.654. The molecule has 0 fully saturated rings. The first-order valence-corrected chi connectivity index (χ1v) is 7.02. The largest absolute Gasteiger partial charge is 0.462 e. The van der Waals surface area contributed by atoms with Gasteiger partial charge in [-0.05, 0) is 19.1 Å². The maximum absolute atomic E-state index is 11.4. The summed E-state index contributed by atoms with van der Waals surface area (Å²) >= 11 is 1.37. The van der Waals surface area contributed by atoms with E-state index < -0.39 is 5.97 Å². The van der Waals surface area contributed by atoms with Gasteiger partial charge in [0.05, 0.1) is 12.3 Å². The molecule has 2 heterocycles. The Morgan fingerprint density at radius 2 is 2.29 bits per heavy atom. The minimum Gasteiger partial charge on any atom is -0.462 e. The molecule has 21 heavy (non-hydrogen) atoms. The van der Waals surface area contributed by atoms with Crippen LogP contribution in [-0.4, -0.2) is 22.5 Å². The van der Waals surface area contributed by atoms with Crippen molar-refractivity contribution in [3.05, 3.63) is 41.7 Å². The molecule has 0 unspecified atom stereocenters. The molecule has 0 aliphatic rings. The minimum atomic E-state index is -0.654. The molecule has 0 amide bonds. The van der Waals surface area contributed by atoms with E-state index in [1.54, 1.807) is 25.4 Å². The third kappa shape index (κ3) is 3.87. The lowest BCUT2D eigenvalue weighted by molar-refractivity contribution is -0.138. The Kier molecular flexibility index (Phi) is 5.01. The summed E-state index contributed by atoms with van der Waals surface area (Å²) in [7, 11) is 0. The van der Waals surface area contributed by atoms with Crippen LogP contribution in [0.4, 0.5) is 5.13 Å². The summed E-state index contributed by atoms with van der Waals surface area (Å²) < 4.78 is 4.76. The summed E-state index contributed by atoms with van der Waals surface area (Å²) in [5.41, 5.74) is 1.65. The van der Waals surface area contributed by atoms with Crippen LogP contribution >= 0.6 is 11.3 Å². The number of nitrogens with one attached hydrogen (secondary N) is 1. The van der Waals surface area contributed by atoms with Crippen molar-refractivity contribution in [3.8, 4) is 17.3 Å². The maximum atomic E-state index is 11.4. The number of anilines is 1. The third-order valence-corrected chi connectivity index (χ3v) is 3.21. The molecule has 0 spiro atoms. The number of hydrogen-bond acceptors (Lipinski definition) is 7. The van der Waals surface area contributed by atoms with E-state index in [-0.39, 0.29) is 12.2 Å². The molecule has 106 valence electrons. The van der Waals surface area contributed by atoms with Crippen molar-refractivity contribution in [2.24, 2.45) is 0 Å². The summed E-state index contributed by atoms with van der Waals surface area (Å²) in [6.07, 6.45) is 4.68. The number of nitriles is 1. The number of esters is 1. The molecule has 0 saturated carbocycles. The van der Waals surface area contributed by atoms with Crippen LogP contribution in [0.3, 0.4) is 0 Å². The molecule has 7 heteroatoms. The molecule has 0 aliphatic carbocycles. The predicted octanol–water partition coefficient (Wildman–Crippen LogP) is 2.59. The second-order valence-electron chi connectivity index (χ2n) is 3.81. The SMILES string of the molecule is CCOC(=O)/C(C#N)=C/Nc1nc(-c2ccncc2)cs1. The topological polar surface area (TPSA) is 87.9 Å². The van der Waals surface area contributed by atoms with Crippen molar-refractivity contribution in [2.75, 3.05) is 11.9 Å². The number of carbonyl (C=O) groups excluding carboxylic acids is 1. The monoisotopic (exact) mass is 300 g/mol. The second kappa shape index (κ2) is 7.17. The number of rotatable bonds is 5. The van der Waals surface area contributed by atoms with Gasteiger partial charge in [0.2, 0.25) is 0 Å². The van der Waals surface area contributed by atoms with Crippen LogP contribution in [0.2, 0.25) is 0 Å². The molecule has 0 atom stereocenters. The zero-order valence-corrected chi connectivity index (χ0v) is 12.1. The number of ether oxygens (including phenoxy) is 1. The minimum absolute atomic E-state index is 0.0995. The second-order valence-corrected chi connectivity index (χ2v) is 4.67. The Bertz CT molecular complexity index is 688. The fourth-order valence-corrected chi connectivity index (χ4v) is 2.16. The molecule has 0 bridgehead atoms. The van der Waals surface area contributed by atoms with Crippen LogP contribution in [0.15, 0.2) is 41.7 Å². The highest BCUT2D eigenvalue weighted by molar-refractivity contribution is 7.14. The Morgan fingerprint density at radius 1 is 1.52 bits per heavy atom. The smallest absolute Gasteiger partial charge is 0.350 e. The van der Waals surface area contributed by atoms with Crippen molar-refractivity contribution in [3.63, 3.8) is 0 Å². The lowest BCUT2D eigenvalue weighted by Crippen LogP contribution is -2.07. The van der Waals surface area contributed by atoms with E-state index in [0.29, 0.717) is 5.13 Å². The zero-order chi connectivity index (χ0) is 15.1. The van der Waals surface area contributed by atoms with E-state index in [0.717, 1.165) is 11.3 Å². The average molecular weight is 300 g/mol. The highest BCUT2D eigenvalue weighted by atomic mass is 32.1. The molecule has 0 aliphatic heterocycles. The van der Waals surface area contributed by atoms with E-state index in [4.69, 9.17) is 10.00 Å². The van der Waals surface area contributed by atoms with Crippen molar-refractivity contribution in [1.29, 1.82) is 5.26 Å². The first-order chi connectivity index (χ1) is 10.2. The molecule has 2 aromatic rings. The van der Waals surface area contributed by atoms with Gasteiger partial charge in [-0.25, -0.2) is 9.78 Å². The Hall–Kier alpha value is -2.72. The van der Waals surface area contributed by atoms with Gasteiger partial charge >= 0.3 is 5.97 Å². The normalized spacial score (nSPS) is 10.8. The molecule has 1 N–H and O–H groups in total. The summed E-state index contributed by atoms with van der Waals surface area (Å²) in [4.78, 5) is 19.8. The fraction of sp³-hybridized carbons (Fsp3) is 0.143. The van der Waals surface area contributed by atoms with Crippen molar-refractivity contribution >= 4 is 22.4 Å². The van der Waals surface area contributed by atoms with E-state index in [9.17, 15) is 4.79 Å². The highest BCUT2D eigenvalue weighted by Crippen LogP contribution is 2.24. The molecule has 2 aromatic heterocycles. The molecular weight excluding hydrogens is 288 g/mol. The third-order valence-electron chi connectivity index (χ3n) is 2.44. The van der Waals surface area contributed by atoms with Gasteiger partial charge in [-0.15, -0.1) is 11.3 Å². The van der Waals surface area contributed by atoms with Crippen LogP contribution in [-0.2, 0) is 9.53 Å². The number of thiazole rings is 1. The number of hydrogen-bond donors (Lipinski definition) is 1. The van der Waals surface area contributed by atoms with E-state index >= 15 is 0 Å². The fourth-order valence-electron chi connectivity index (χ4n) is 1.47. The van der Waals surface area contributed by atoms with Crippen LogP contribution in [0.25, 0.3) is 11.3 Å². The molecule has 0 saturated heterocycles. The lowest BCUT2D eigenvalue weighted by Gasteiger charge is -1.99. The van der Waals surface area contributed by atoms with Crippen LogP contribution in [0.1, 0.15) is 6.92 Å². The quantitative estimate of drug-likeness (QED) is 0.519. The van der Waals surface area contributed by atoms with E-state index in [1.165, 1.54) is 17.5 Å². The molecule has 6 nitrogen and oxygen atoms in total. The average Bonchev–Trinajstić information content (AvgIpc) is 2.98. The molecule has 0 aromatic carbocycles. The van der Waals surface area contributed by atoms with Crippen molar-refractivity contribution in [1.82, 2.24) is 9.97 Å². The summed E-state index contributed by atoms with van der Waals surface area (Å²) in [6, 6.07) is 5.50. The first-order valence-electron chi connectivity index (χ1n) is 6.14. The Balaban J connectivity index is 2.09. The van der Waals surface area contributed by atoms with Gasteiger partial charge in [-0.1, -0.05) is 0 Å². The summed E-state index contributed by atoms with van der Waals surface area (Å²) in [6.45, 7) is 1.91. The maximum Gasteiger partial charge on any atom is 0.350 e. The number of carbonyl (C=O) groups is 1. The Labute approximate surface area is 125 Å². The lowest BCUT2D eigenvalue weighted by atomic mass is 10.2. The van der Waals surface area contributed by atoms with Gasteiger partial charge in [0.25, 0.3) is 0 Å². The zero-order valence-electron chi connectivity index (χ0n) is 11.2. The van der Waals surface area contributed by atoms with Gasteiger partial charge in [-0.3, -0.25) is 4.98 Å². The highest BCUT2D eigenvalue weighted by Gasteiger charge is 2.10. The van der Waals surface area contributed by atoms with Gasteiger partial charge in [0.1, 0.15) is 6.07 Å². The molecule has 2 rings (SSSR count). The van der Waals surface area contributed by atoms with Crippen molar-refractivity contribution in [2.45, 2.75) is 6.92 Å². The number of nitrogens with zero attached hydrogens (tertiary/aromatic N) is 3. The van der Waals surface area contributed by atoms with Crippen molar-refractivity contribution < 1.29 is 9.53 Å². The molecular formula is C14H12N4O2S. The van der Waals surface area contributed by atoms with Crippen LogP contribution in [0.5, 0.6) is 0 Å². The van der Waals surface area contributed by atoms with E-state index in [2.05, 4.69) is 15.3 Å². The van der Waals surface area contributed by atoms with Gasteiger partial charge in [0, 0.05) is 29.5 Å². The van der Waals surface area contributed by atoms with Gasteiger partial charge in [-0.2, -0.15) is 5.26 Å². The van der Waals surface area contributed by atoms with Gasteiger partial charge < -0.3 is 10.1 Å². The van der Waals surface area contributed by atoms with Crippen LogP contribution < -0.4 is 5.32 Å². The standard InChI is InChI=1S/C14H12N4O2S/c1-2-20-13(19)11(7-15)8-17-14-18-12(9-21-14)10-3-5-16-6-4-10/h3-6,8-9H,2H2,1H3,(H,17,18)/b11-8+. The molecule has 0 radical (unpaired) electrons. The van der Waals surface area contributed by atoms with E-state index in [1.807, 2.05) is 17.5 Å². The number of pyridine rings is 1.